The lowest BCUT2D eigenvalue weighted by molar-refractivity contribution is 0.165. The van der Waals surface area contributed by atoms with E-state index in [2.05, 4.69) is 17.6 Å². The molecule has 3 unspecified atom stereocenters. The predicted octanol–water partition coefficient (Wildman–Crippen LogP) is 3.86. The molecule has 2 heteroatoms. The van der Waals surface area contributed by atoms with Crippen LogP contribution in [0.4, 0.5) is 0 Å². The van der Waals surface area contributed by atoms with E-state index in [1.54, 1.807) is 0 Å². The van der Waals surface area contributed by atoms with Crippen LogP contribution in [0.2, 0.25) is 0 Å². The van der Waals surface area contributed by atoms with E-state index in [1.807, 2.05) is 0 Å². The maximum absolute atomic E-state index is 3.94. The zero-order valence-electron chi connectivity index (χ0n) is 13.4. The van der Waals surface area contributed by atoms with Gasteiger partial charge in [-0.2, -0.15) is 0 Å². The van der Waals surface area contributed by atoms with Crippen LogP contribution in [0.1, 0.15) is 77.6 Å². The fourth-order valence-electron chi connectivity index (χ4n) is 4.87. The van der Waals surface area contributed by atoms with Crippen LogP contribution in [0, 0.1) is 11.3 Å². The van der Waals surface area contributed by atoms with Gasteiger partial charge < -0.3 is 10.6 Å². The van der Waals surface area contributed by atoms with E-state index in [4.69, 9.17) is 0 Å². The Hall–Kier alpha value is -0.0800. The quantitative estimate of drug-likeness (QED) is 0.816. The average Bonchev–Trinajstić information content (AvgIpc) is 2.48. The molecule has 0 amide bonds. The van der Waals surface area contributed by atoms with Gasteiger partial charge >= 0.3 is 0 Å². The molecule has 3 fully saturated rings. The van der Waals surface area contributed by atoms with Gasteiger partial charge in [0.2, 0.25) is 0 Å². The van der Waals surface area contributed by atoms with E-state index in [0.717, 1.165) is 18.0 Å². The monoisotopic (exact) mass is 278 g/mol. The summed E-state index contributed by atoms with van der Waals surface area (Å²) in [5.41, 5.74) is 0.584. The number of hydrogen-bond acceptors (Lipinski definition) is 2. The Morgan fingerprint density at radius 1 is 0.950 bits per heavy atom. The zero-order valence-corrected chi connectivity index (χ0v) is 13.4. The summed E-state index contributed by atoms with van der Waals surface area (Å²) in [6.45, 7) is 4.92. The predicted molar refractivity (Wildman–Crippen MR) is 86.0 cm³/mol. The smallest absolute Gasteiger partial charge is 0.0195 e. The van der Waals surface area contributed by atoms with Gasteiger partial charge in [-0.05, 0) is 49.9 Å². The summed E-state index contributed by atoms with van der Waals surface area (Å²) in [6.07, 6.45) is 15.9. The molecule has 0 aromatic rings. The molecule has 2 aliphatic carbocycles. The number of nitrogens with one attached hydrogen (secondary N) is 2. The molecule has 2 saturated carbocycles. The maximum atomic E-state index is 3.94. The van der Waals surface area contributed by atoms with Gasteiger partial charge in [-0.25, -0.2) is 0 Å². The molecule has 116 valence electrons. The lowest BCUT2D eigenvalue weighted by Crippen LogP contribution is -2.53. The summed E-state index contributed by atoms with van der Waals surface area (Å²) in [6, 6.07) is 1.58. The van der Waals surface area contributed by atoms with Crippen LogP contribution in [0.25, 0.3) is 0 Å². The van der Waals surface area contributed by atoms with Gasteiger partial charge in [-0.1, -0.05) is 39.0 Å². The number of hydrogen-bond donors (Lipinski definition) is 2. The first-order valence-electron chi connectivity index (χ1n) is 9.22. The number of rotatable bonds is 4. The molecule has 0 aromatic carbocycles. The summed E-state index contributed by atoms with van der Waals surface area (Å²) in [5, 5.41) is 7.74. The second kappa shape index (κ2) is 6.79. The highest BCUT2D eigenvalue weighted by Gasteiger charge is 2.32. The molecule has 1 aliphatic heterocycles. The van der Waals surface area contributed by atoms with Gasteiger partial charge in [0.05, 0.1) is 0 Å². The Kier molecular flexibility index (Phi) is 5.04. The molecule has 3 rings (SSSR count). The Bertz CT molecular complexity index is 296. The largest absolute Gasteiger partial charge is 0.315 e. The fourth-order valence-corrected chi connectivity index (χ4v) is 4.87. The lowest BCUT2D eigenvalue weighted by atomic mass is 9.75. The van der Waals surface area contributed by atoms with Crippen molar-refractivity contribution in [2.24, 2.45) is 11.3 Å². The summed E-state index contributed by atoms with van der Waals surface area (Å²) < 4.78 is 0. The molecule has 3 atom stereocenters. The molecule has 20 heavy (non-hydrogen) atoms. The molecule has 3 aliphatic rings. The van der Waals surface area contributed by atoms with Crippen LogP contribution >= 0.6 is 0 Å². The van der Waals surface area contributed by atoms with E-state index in [1.165, 1.54) is 83.7 Å². The van der Waals surface area contributed by atoms with E-state index in [0.29, 0.717) is 5.41 Å². The summed E-state index contributed by atoms with van der Waals surface area (Å²) in [7, 11) is 0. The normalized spacial score (nSPS) is 37.4. The van der Waals surface area contributed by atoms with Crippen molar-refractivity contribution in [1.29, 1.82) is 0 Å². The number of piperidine rings is 1. The average molecular weight is 278 g/mol. The third-order valence-electron chi connectivity index (χ3n) is 6.25. The van der Waals surface area contributed by atoms with Crippen LogP contribution in [-0.2, 0) is 0 Å². The SMILES string of the molecule is CC1(CNCC2CCC3CCCCC3N2)CCCCC1. The van der Waals surface area contributed by atoms with Gasteiger partial charge in [0.15, 0.2) is 0 Å². The zero-order chi connectivity index (χ0) is 13.8. The van der Waals surface area contributed by atoms with Gasteiger partial charge in [-0.15, -0.1) is 0 Å². The summed E-state index contributed by atoms with van der Waals surface area (Å²) >= 11 is 0. The van der Waals surface area contributed by atoms with Gasteiger partial charge in [0.25, 0.3) is 0 Å². The second-order valence-corrected chi connectivity index (χ2v) is 8.09. The molecule has 0 aromatic heterocycles. The molecule has 1 saturated heterocycles. The molecular weight excluding hydrogens is 244 g/mol. The van der Waals surface area contributed by atoms with E-state index >= 15 is 0 Å². The molecule has 0 radical (unpaired) electrons. The van der Waals surface area contributed by atoms with Crippen molar-refractivity contribution in [1.82, 2.24) is 10.6 Å². The molecule has 2 nitrogen and oxygen atoms in total. The van der Waals surface area contributed by atoms with Crippen LogP contribution in [0.5, 0.6) is 0 Å². The van der Waals surface area contributed by atoms with Crippen LogP contribution < -0.4 is 10.6 Å². The molecule has 1 heterocycles. The van der Waals surface area contributed by atoms with Crippen LogP contribution in [0.15, 0.2) is 0 Å². The van der Waals surface area contributed by atoms with E-state index in [-0.39, 0.29) is 0 Å². The Morgan fingerprint density at radius 2 is 1.75 bits per heavy atom. The maximum Gasteiger partial charge on any atom is 0.0195 e. The third kappa shape index (κ3) is 3.76. The highest BCUT2D eigenvalue weighted by Crippen LogP contribution is 2.35. The highest BCUT2D eigenvalue weighted by molar-refractivity contribution is 4.90. The minimum atomic E-state index is 0.584. The minimum Gasteiger partial charge on any atom is -0.315 e. The van der Waals surface area contributed by atoms with Gasteiger partial charge in [0, 0.05) is 25.2 Å². The van der Waals surface area contributed by atoms with Crippen LogP contribution in [0.3, 0.4) is 0 Å². The van der Waals surface area contributed by atoms with Crippen molar-refractivity contribution in [3.63, 3.8) is 0 Å². The Morgan fingerprint density at radius 3 is 2.60 bits per heavy atom. The van der Waals surface area contributed by atoms with Crippen molar-refractivity contribution in [2.45, 2.75) is 89.6 Å². The summed E-state index contributed by atoms with van der Waals surface area (Å²) in [4.78, 5) is 0. The van der Waals surface area contributed by atoms with Crippen molar-refractivity contribution < 1.29 is 0 Å². The molecule has 2 N–H and O–H groups in total. The Labute approximate surface area is 125 Å². The van der Waals surface area contributed by atoms with E-state index in [9.17, 15) is 0 Å². The molecule has 0 spiro atoms. The third-order valence-corrected chi connectivity index (χ3v) is 6.25. The second-order valence-electron chi connectivity index (χ2n) is 8.09. The highest BCUT2D eigenvalue weighted by atomic mass is 15.0. The lowest BCUT2D eigenvalue weighted by Gasteiger charge is -2.41. The first-order valence-corrected chi connectivity index (χ1v) is 9.22. The van der Waals surface area contributed by atoms with Gasteiger partial charge in [0.1, 0.15) is 0 Å². The Balaban J connectivity index is 1.38. The molecule has 0 bridgehead atoms. The number of fused-ring (bicyclic) bond motifs is 1. The first-order chi connectivity index (χ1) is 9.75. The van der Waals surface area contributed by atoms with Crippen molar-refractivity contribution in [2.75, 3.05) is 13.1 Å². The minimum absolute atomic E-state index is 0.584. The topological polar surface area (TPSA) is 24.1 Å². The van der Waals surface area contributed by atoms with Crippen molar-refractivity contribution in [3.8, 4) is 0 Å². The fraction of sp³-hybridized carbons (Fsp3) is 1.00. The van der Waals surface area contributed by atoms with E-state index < -0.39 is 0 Å². The first kappa shape index (κ1) is 14.8. The van der Waals surface area contributed by atoms with Crippen molar-refractivity contribution >= 4 is 0 Å². The van der Waals surface area contributed by atoms with Gasteiger partial charge in [-0.3, -0.25) is 0 Å². The van der Waals surface area contributed by atoms with Crippen molar-refractivity contribution in [3.05, 3.63) is 0 Å². The standard InChI is InChI=1S/C18H34N2/c1-18(11-5-2-6-12-18)14-19-13-16-10-9-15-7-3-4-8-17(15)20-16/h15-17,19-20H,2-14H2,1H3. The molecular formula is C18H34N2. The summed E-state index contributed by atoms with van der Waals surface area (Å²) in [5.74, 6) is 0.996. The van der Waals surface area contributed by atoms with Crippen LogP contribution in [-0.4, -0.2) is 25.2 Å².